The van der Waals surface area contributed by atoms with Gasteiger partial charge in [-0.05, 0) is 19.3 Å². The molecule has 1 aliphatic carbocycles. The van der Waals surface area contributed by atoms with Gasteiger partial charge in [-0.2, -0.15) is 0 Å². The number of hydrogen-bond donors (Lipinski definition) is 1. The molecule has 0 amide bonds. The topological polar surface area (TPSA) is 12.0 Å². The number of hydrogen-bond acceptors (Lipinski definition) is 1. The maximum atomic E-state index is 13.9. The minimum absolute atomic E-state index is 0. The molecule has 0 spiro atoms. The highest BCUT2D eigenvalue weighted by molar-refractivity contribution is 5.85. The first kappa shape index (κ1) is 9.83. The number of alkyl halides is 1. The SMILES string of the molecule is C#C[C@@]12CCC[C@]1(F)CNC2.Cl. The predicted octanol–water partition coefficient (Wildman–Crippen LogP) is 1.52. The Morgan fingerprint density at radius 2 is 2.08 bits per heavy atom. The van der Waals surface area contributed by atoms with E-state index < -0.39 is 11.1 Å². The van der Waals surface area contributed by atoms with Crippen molar-refractivity contribution in [3.05, 3.63) is 0 Å². The Morgan fingerprint density at radius 3 is 2.67 bits per heavy atom. The first-order valence-corrected chi connectivity index (χ1v) is 4.10. The molecule has 1 heterocycles. The van der Waals surface area contributed by atoms with Crippen LogP contribution < -0.4 is 5.32 Å². The van der Waals surface area contributed by atoms with E-state index >= 15 is 0 Å². The van der Waals surface area contributed by atoms with Crippen molar-refractivity contribution in [2.24, 2.45) is 5.41 Å². The highest BCUT2D eigenvalue weighted by atomic mass is 35.5. The van der Waals surface area contributed by atoms with Gasteiger partial charge in [0.2, 0.25) is 0 Å². The number of fused-ring (bicyclic) bond motifs is 1. The van der Waals surface area contributed by atoms with Crippen LogP contribution in [0.4, 0.5) is 4.39 Å². The zero-order valence-corrected chi connectivity index (χ0v) is 7.72. The summed E-state index contributed by atoms with van der Waals surface area (Å²) in [5.41, 5.74) is -1.56. The van der Waals surface area contributed by atoms with Gasteiger partial charge >= 0.3 is 0 Å². The van der Waals surface area contributed by atoms with Crippen LogP contribution in [0.5, 0.6) is 0 Å². The average molecular weight is 190 g/mol. The maximum Gasteiger partial charge on any atom is 0.141 e. The van der Waals surface area contributed by atoms with Crippen LogP contribution in [-0.2, 0) is 0 Å². The van der Waals surface area contributed by atoms with E-state index in [9.17, 15) is 4.39 Å². The molecular weight excluding hydrogens is 177 g/mol. The quantitative estimate of drug-likeness (QED) is 0.570. The highest BCUT2D eigenvalue weighted by Gasteiger charge is 2.58. The largest absolute Gasteiger partial charge is 0.312 e. The zero-order chi connectivity index (χ0) is 7.95. The Kier molecular flexibility index (Phi) is 2.38. The molecule has 0 aromatic carbocycles. The lowest BCUT2D eigenvalue weighted by atomic mass is 9.79. The van der Waals surface area contributed by atoms with E-state index in [1.807, 2.05) is 0 Å². The number of halogens is 2. The molecular formula is C9H13ClFN. The molecule has 0 aromatic heterocycles. The third-order valence-corrected chi connectivity index (χ3v) is 3.14. The van der Waals surface area contributed by atoms with Crippen LogP contribution in [0.3, 0.4) is 0 Å². The van der Waals surface area contributed by atoms with E-state index in [1.165, 1.54) is 0 Å². The normalized spacial score (nSPS) is 44.7. The first-order valence-electron chi connectivity index (χ1n) is 4.10. The van der Waals surface area contributed by atoms with Crippen molar-refractivity contribution < 1.29 is 4.39 Å². The molecule has 0 bridgehead atoms. The second kappa shape index (κ2) is 2.90. The van der Waals surface area contributed by atoms with Crippen LogP contribution in [0.15, 0.2) is 0 Å². The minimum atomic E-state index is -1.10. The van der Waals surface area contributed by atoms with Crippen LogP contribution in [0, 0.1) is 17.8 Å². The van der Waals surface area contributed by atoms with Gasteiger partial charge in [-0.3, -0.25) is 0 Å². The summed E-state index contributed by atoms with van der Waals surface area (Å²) in [5.74, 6) is 2.64. The fourth-order valence-corrected chi connectivity index (χ4v) is 2.36. The van der Waals surface area contributed by atoms with Gasteiger partial charge in [-0.15, -0.1) is 18.8 Å². The van der Waals surface area contributed by atoms with Crippen molar-refractivity contribution in [3.8, 4) is 12.3 Å². The molecule has 0 unspecified atom stereocenters. The second-order valence-corrected chi connectivity index (χ2v) is 3.65. The summed E-state index contributed by atoms with van der Waals surface area (Å²) in [5, 5.41) is 3.04. The van der Waals surface area contributed by atoms with Crippen molar-refractivity contribution in [2.75, 3.05) is 13.1 Å². The van der Waals surface area contributed by atoms with Crippen molar-refractivity contribution in [3.63, 3.8) is 0 Å². The van der Waals surface area contributed by atoms with Crippen LogP contribution in [0.2, 0.25) is 0 Å². The molecule has 2 rings (SSSR count). The zero-order valence-electron chi connectivity index (χ0n) is 6.90. The monoisotopic (exact) mass is 189 g/mol. The maximum absolute atomic E-state index is 13.9. The van der Waals surface area contributed by atoms with Gasteiger partial charge in [0.25, 0.3) is 0 Å². The van der Waals surface area contributed by atoms with Crippen LogP contribution in [0.25, 0.3) is 0 Å². The first-order chi connectivity index (χ1) is 5.22. The Hall–Kier alpha value is -0.260. The van der Waals surface area contributed by atoms with Gasteiger partial charge < -0.3 is 5.32 Å². The van der Waals surface area contributed by atoms with Gasteiger partial charge in [-0.25, -0.2) is 4.39 Å². The molecule has 1 nitrogen and oxygen atoms in total. The third-order valence-electron chi connectivity index (χ3n) is 3.14. The Labute approximate surface area is 78.5 Å². The fourth-order valence-electron chi connectivity index (χ4n) is 2.36. The molecule has 1 saturated heterocycles. The molecule has 1 saturated carbocycles. The van der Waals surface area contributed by atoms with E-state index in [0.29, 0.717) is 19.5 Å². The smallest absolute Gasteiger partial charge is 0.141 e. The average Bonchev–Trinajstić information content (AvgIpc) is 2.41. The predicted molar refractivity (Wildman–Crippen MR) is 49.1 cm³/mol. The van der Waals surface area contributed by atoms with Crippen molar-refractivity contribution in [1.29, 1.82) is 0 Å². The third kappa shape index (κ3) is 0.967. The lowest BCUT2D eigenvalue weighted by Crippen LogP contribution is -2.37. The fraction of sp³-hybridized carbons (Fsp3) is 0.778. The molecule has 3 heteroatoms. The van der Waals surface area contributed by atoms with Gasteiger partial charge in [0.05, 0.1) is 5.41 Å². The molecule has 12 heavy (non-hydrogen) atoms. The number of rotatable bonds is 0. The van der Waals surface area contributed by atoms with Gasteiger partial charge in [-0.1, -0.05) is 5.92 Å². The Morgan fingerprint density at radius 1 is 1.33 bits per heavy atom. The molecule has 2 fully saturated rings. The van der Waals surface area contributed by atoms with Crippen LogP contribution in [0.1, 0.15) is 19.3 Å². The molecule has 68 valence electrons. The van der Waals surface area contributed by atoms with E-state index in [-0.39, 0.29) is 12.4 Å². The molecule has 2 atom stereocenters. The van der Waals surface area contributed by atoms with Crippen LogP contribution in [-0.4, -0.2) is 18.8 Å². The van der Waals surface area contributed by atoms with E-state index in [4.69, 9.17) is 6.42 Å². The summed E-state index contributed by atoms with van der Waals surface area (Å²) < 4.78 is 13.9. The van der Waals surface area contributed by atoms with Crippen molar-refractivity contribution in [2.45, 2.75) is 24.9 Å². The summed E-state index contributed by atoms with van der Waals surface area (Å²) in [6.07, 6.45) is 7.81. The van der Waals surface area contributed by atoms with Crippen LogP contribution >= 0.6 is 12.4 Å². The molecule has 1 N–H and O–H groups in total. The Balaban J connectivity index is 0.000000720. The molecule has 0 aromatic rings. The summed E-state index contributed by atoms with van der Waals surface area (Å²) in [7, 11) is 0. The minimum Gasteiger partial charge on any atom is -0.312 e. The van der Waals surface area contributed by atoms with E-state index in [1.54, 1.807) is 0 Å². The lowest BCUT2D eigenvalue weighted by Gasteiger charge is -2.27. The van der Waals surface area contributed by atoms with Gasteiger partial charge in [0.15, 0.2) is 0 Å². The van der Waals surface area contributed by atoms with Gasteiger partial charge in [0, 0.05) is 13.1 Å². The second-order valence-electron chi connectivity index (χ2n) is 3.65. The number of nitrogens with one attached hydrogen (secondary N) is 1. The summed E-state index contributed by atoms with van der Waals surface area (Å²) in [6, 6.07) is 0. The van der Waals surface area contributed by atoms with E-state index in [2.05, 4.69) is 11.2 Å². The highest BCUT2D eigenvalue weighted by Crippen LogP contribution is 2.50. The lowest BCUT2D eigenvalue weighted by molar-refractivity contribution is 0.116. The molecule has 1 aliphatic heterocycles. The molecule has 0 radical (unpaired) electrons. The van der Waals surface area contributed by atoms with Gasteiger partial charge in [0.1, 0.15) is 5.67 Å². The van der Waals surface area contributed by atoms with Crippen molar-refractivity contribution >= 4 is 12.4 Å². The summed E-state index contributed by atoms with van der Waals surface area (Å²) in [4.78, 5) is 0. The molecule has 2 aliphatic rings. The van der Waals surface area contributed by atoms with Crippen molar-refractivity contribution in [1.82, 2.24) is 5.32 Å². The van der Waals surface area contributed by atoms with E-state index in [0.717, 1.165) is 12.8 Å². The number of terminal acetylenes is 1. The summed E-state index contributed by atoms with van der Waals surface area (Å²) in [6.45, 7) is 1.12. The summed E-state index contributed by atoms with van der Waals surface area (Å²) >= 11 is 0. The standard InChI is InChI=1S/C9H12FN.ClH/c1-2-8-4-3-5-9(8,10)7-11-6-8;/h1,11H,3-7H2;1H/t8-,9-;/m0./s1. The Bertz CT molecular complexity index is 211.